The summed E-state index contributed by atoms with van der Waals surface area (Å²) in [6.07, 6.45) is 9.11. The molecule has 2 heterocycles. The molecule has 1 amide bonds. The van der Waals surface area contributed by atoms with E-state index in [9.17, 15) is 9.90 Å². The highest BCUT2D eigenvalue weighted by Crippen LogP contribution is 2.48. The smallest absolute Gasteiger partial charge is 0.410 e. The van der Waals surface area contributed by atoms with Crippen molar-refractivity contribution in [3.05, 3.63) is 59.7 Å². The van der Waals surface area contributed by atoms with E-state index < -0.39 is 5.60 Å². The third-order valence-corrected chi connectivity index (χ3v) is 8.70. The van der Waals surface area contributed by atoms with Gasteiger partial charge in [0.25, 0.3) is 0 Å². The summed E-state index contributed by atoms with van der Waals surface area (Å²) in [4.78, 5) is 15.3. The fourth-order valence-electron chi connectivity index (χ4n) is 7.23. The van der Waals surface area contributed by atoms with Crippen LogP contribution in [-0.2, 0) is 4.74 Å². The number of rotatable bonds is 3. The average molecular weight is 432 g/mol. The van der Waals surface area contributed by atoms with Crippen molar-refractivity contribution in [1.29, 1.82) is 0 Å². The van der Waals surface area contributed by atoms with E-state index in [-0.39, 0.29) is 24.1 Å². The summed E-state index contributed by atoms with van der Waals surface area (Å²) in [6.45, 7) is 0.371. The first-order chi connectivity index (χ1) is 15.6. The Bertz CT molecular complexity index is 952. The van der Waals surface area contributed by atoms with Crippen LogP contribution in [0.15, 0.2) is 48.5 Å². The van der Waals surface area contributed by atoms with Crippen LogP contribution in [0.25, 0.3) is 11.1 Å². The maximum atomic E-state index is 13.3. The number of aliphatic hydroxyl groups is 1. The molecular weight excluding hydrogens is 398 g/mol. The van der Waals surface area contributed by atoms with Crippen LogP contribution >= 0.6 is 0 Å². The maximum absolute atomic E-state index is 13.3. The number of piperidine rings is 2. The molecule has 2 unspecified atom stereocenters. The summed E-state index contributed by atoms with van der Waals surface area (Å²) in [6, 6.07) is 17.2. The Labute approximate surface area is 190 Å². The standard InChI is InChI=1S/C28H33NO3/c30-27(29-20-10-7-11-21(29)17-28(31,16-20)19-8-1-2-9-19)32-18-26-24-14-5-3-12-22(24)23-13-4-6-15-25(23)26/h3-6,12-15,19-21,26,31H,1-2,7-11,16-18H2. The van der Waals surface area contributed by atoms with E-state index in [1.54, 1.807) is 0 Å². The molecule has 2 saturated heterocycles. The summed E-state index contributed by atoms with van der Waals surface area (Å²) in [5, 5.41) is 11.5. The van der Waals surface area contributed by atoms with Gasteiger partial charge >= 0.3 is 6.09 Å². The van der Waals surface area contributed by atoms with Crippen LogP contribution in [0.2, 0.25) is 0 Å². The van der Waals surface area contributed by atoms with E-state index in [2.05, 4.69) is 48.5 Å². The molecule has 2 aromatic carbocycles. The van der Waals surface area contributed by atoms with Crippen molar-refractivity contribution in [2.24, 2.45) is 5.92 Å². The molecule has 6 rings (SSSR count). The Morgan fingerprint density at radius 2 is 1.44 bits per heavy atom. The van der Waals surface area contributed by atoms with Crippen LogP contribution in [0.5, 0.6) is 0 Å². The SMILES string of the molecule is O=C(OCC1c2ccccc2-c2ccccc21)N1C2CCCC1CC(O)(C1CCCC1)C2. The molecule has 2 aromatic rings. The van der Waals surface area contributed by atoms with Gasteiger partial charge in [0.05, 0.1) is 5.60 Å². The maximum Gasteiger partial charge on any atom is 0.410 e. The van der Waals surface area contributed by atoms with Crippen LogP contribution in [0, 0.1) is 5.92 Å². The summed E-state index contributed by atoms with van der Waals surface area (Å²) >= 11 is 0. The predicted octanol–water partition coefficient (Wildman–Crippen LogP) is 5.87. The quantitative estimate of drug-likeness (QED) is 0.661. The van der Waals surface area contributed by atoms with Gasteiger partial charge in [0, 0.05) is 18.0 Å². The van der Waals surface area contributed by atoms with Crippen LogP contribution in [0.1, 0.15) is 74.8 Å². The Hall–Kier alpha value is -2.33. The molecule has 4 heteroatoms. The number of carbonyl (C=O) groups is 1. The first kappa shape index (κ1) is 20.3. The second kappa shape index (κ2) is 7.91. The van der Waals surface area contributed by atoms with E-state index in [1.165, 1.54) is 35.1 Å². The topological polar surface area (TPSA) is 49.8 Å². The second-order valence-corrected chi connectivity index (χ2v) is 10.4. The molecule has 4 nitrogen and oxygen atoms in total. The number of nitrogens with zero attached hydrogens (tertiary/aromatic N) is 1. The van der Waals surface area contributed by atoms with E-state index in [0.29, 0.717) is 12.5 Å². The highest BCUT2D eigenvalue weighted by Gasteiger charge is 2.51. The molecule has 0 radical (unpaired) electrons. The van der Waals surface area contributed by atoms with Crippen molar-refractivity contribution in [3.63, 3.8) is 0 Å². The lowest BCUT2D eigenvalue weighted by Crippen LogP contribution is -2.61. The molecule has 2 bridgehead atoms. The monoisotopic (exact) mass is 431 g/mol. The van der Waals surface area contributed by atoms with Gasteiger partial charge in [0.15, 0.2) is 0 Å². The van der Waals surface area contributed by atoms with Crippen molar-refractivity contribution < 1.29 is 14.6 Å². The lowest BCUT2D eigenvalue weighted by atomic mass is 9.69. The van der Waals surface area contributed by atoms with Crippen molar-refractivity contribution in [2.45, 2.75) is 81.4 Å². The highest BCUT2D eigenvalue weighted by atomic mass is 16.6. The molecule has 0 spiro atoms. The molecule has 0 aromatic heterocycles. The molecule has 1 saturated carbocycles. The Kier molecular flexibility index (Phi) is 5.02. The normalized spacial score (nSPS) is 29.6. The largest absolute Gasteiger partial charge is 0.448 e. The zero-order valence-corrected chi connectivity index (χ0v) is 18.7. The van der Waals surface area contributed by atoms with Gasteiger partial charge in [-0.05, 0) is 73.1 Å². The summed E-state index contributed by atoms with van der Waals surface area (Å²) in [7, 11) is 0. The fourth-order valence-corrected chi connectivity index (χ4v) is 7.23. The van der Waals surface area contributed by atoms with Gasteiger partial charge in [-0.3, -0.25) is 0 Å². The van der Waals surface area contributed by atoms with Gasteiger partial charge in [-0.1, -0.05) is 61.4 Å². The van der Waals surface area contributed by atoms with Gasteiger partial charge in [0.2, 0.25) is 0 Å². The molecule has 32 heavy (non-hydrogen) atoms. The molecule has 4 aliphatic rings. The number of ether oxygens (including phenoxy) is 1. The number of benzene rings is 2. The zero-order valence-electron chi connectivity index (χ0n) is 18.7. The van der Waals surface area contributed by atoms with E-state index in [1.807, 2.05) is 4.90 Å². The number of hydrogen-bond acceptors (Lipinski definition) is 3. The number of hydrogen-bond donors (Lipinski definition) is 1. The Morgan fingerprint density at radius 1 is 0.875 bits per heavy atom. The Balaban J connectivity index is 1.19. The summed E-state index contributed by atoms with van der Waals surface area (Å²) in [5.41, 5.74) is 4.40. The highest BCUT2D eigenvalue weighted by molar-refractivity contribution is 5.79. The lowest BCUT2D eigenvalue weighted by molar-refractivity contribution is -0.114. The van der Waals surface area contributed by atoms with E-state index >= 15 is 0 Å². The average Bonchev–Trinajstić information content (AvgIpc) is 3.45. The molecule has 2 atom stereocenters. The molecule has 3 fully saturated rings. The van der Waals surface area contributed by atoms with Crippen molar-refractivity contribution in [1.82, 2.24) is 4.90 Å². The summed E-state index contributed by atoms with van der Waals surface area (Å²) in [5.74, 6) is 0.502. The van der Waals surface area contributed by atoms with Crippen molar-refractivity contribution in [2.75, 3.05) is 6.61 Å². The van der Waals surface area contributed by atoms with Gasteiger partial charge in [-0.15, -0.1) is 0 Å². The van der Waals surface area contributed by atoms with Gasteiger partial charge in [-0.2, -0.15) is 0 Å². The molecular formula is C28H33NO3. The first-order valence-electron chi connectivity index (χ1n) is 12.5. The van der Waals surface area contributed by atoms with Crippen molar-refractivity contribution >= 4 is 6.09 Å². The first-order valence-corrected chi connectivity index (χ1v) is 12.5. The van der Waals surface area contributed by atoms with Crippen LogP contribution < -0.4 is 0 Å². The number of amides is 1. The number of carbonyl (C=O) groups excluding carboxylic acids is 1. The molecule has 2 aliphatic carbocycles. The van der Waals surface area contributed by atoms with E-state index in [4.69, 9.17) is 4.74 Å². The molecule has 168 valence electrons. The van der Waals surface area contributed by atoms with E-state index in [0.717, 1.165) is 44.9 Å². The van der Waals surface area contributed by atoms with Gasteiger partial charge in [-0.25, -0.2) is 4.79 Å². The van der Waals surface area contributed by atoms with Crippen LogP contribution in [0.4, 0.5) is 4.79 Å². The fraction of sp³-hybridized carbons (Fsp3) is 0.536. The third kappa shape index (κ3) is 3.26. The van der Waals surface area contributed by atoms with Crippen molar-refractivity contribution in [3.8, 4) is 11.1 Å². The third-order valence-electron chi connectivity index (χ3n) is 8.70. The van der Waals surface area contributed by atoms with Crippen LogP contribution in [0.3, 0.4) is 0 Å². The number of fused-ring (bicyclic) bond motifs is 5. The lowest BCUT2D eigenvalue weighted by Gasteiger charge is -2.53. The minimum absolute atomic E-state index is 0.0893. The second-order valence-electron chi connectivity index (χ2n) is 10.4. The molecule has 1 N–H and O–H groups in total. The molecule has 2 aliphatic heterocycles. The minimum atomic E-state index is -0.591. The van der Waals surface area contributed by atoms with Gasteiger partial charge < -0.3 is 14.7 Å². The van der Waals surface area contributed by atoms with Gasteiger partial charge in [0.1, 0.15) is 6.61 Å². The predicted molar refractivity (Wildman–Crippen MR) is 124 cm³/mol. The Morgan fingerprint density at radius 3 is 2.03 bits per heavy atom. The summed E-state index contributed by atoms with van der Waals surface area (Å²) < 4.78 is 6.01. The van der Waals surface area contributed by atoms with Crippen LogP contribution in [-0.4, -0.2) is 40.4 Å². The zero-order chi connectivity index (χ0) is 21.7. The minimum Gasteiger partial charge on any atom is -0.448 e.